The molecule has 2 saturated carbocycles. The third kappa shape index (κ3) is 5.95. The van der Waals surface area contributed by atoms with Crippen LogP contribution in [0, 0.1) is 5.41 Å². The second-order valence-corrected chi connectivity index (χ2v) is 6.85. The smallest absolute Gasteiger partial charge is 0.241 e. The van der Waals surface area contributed by atoms with Crippen LogP contribution in [0.25, 0.3) is 0 Å². The van der Waals surface area contributed by atoms with E-state index in [1.807, 2.05) is 6.92 Å². The molecule has 2 aliphatic rings. The van der Waals surface area contributed by atoms with Gasteiger partial charge in [0.25, 0.3) is 0 Å². The largest absolute Gasteiger partial charge is 0.383 e. The summed E-state index contributed by atoms with van der Waals surface area (Å²) in [5, 5.41) is 9.59. The van der Waals surface area contributed by atoms with Crippen LogP contribution in [-0.2, 0) is 14.3 Å². The van der Waals surface area contributed by atoms with Gasteiger partial charge in [-0.25, -0.2) is 4.99 Å². The maximum absolute atomic E-state index is 11.8. The maximum atomic E-state index is 11.8. The average molecular weight is 482 g/mol. The van der Waals surface area contributed by atoms with Gasteiger partial charge in [-0.1, -0.05) is 12.8 Å². The Morgan fingerprint density at radius 1 is 1.23 bits per heavy atom. The van der Waals surface area contributed by atoms with Crippen molar-refractivity contribution in [2.75, 3.05) is 40.0 Å². The Bertz CT molecular complexity index is 456. The first kappa shape index (κ1) is 23.4. The fourth-order valence-corrected chi connectivity index (χ4v) is 4.07. The summed E-state index contributed by atoms with van der Waals surface area (Å²) in [5.41, 5.74) is 0.243. The van der Waals surface area contributed by atoms with Crippen molar-refractivity contribution in [1.82, 2.24) is 16.0 Å². The van der Waals surface area contributed by atoms with E-state index in [0.29, 0.717) is 25.3 Å². The molecule has 2 rings (SSSR count). The number of aliphatic imine (C=N–C) groups is 1. The van der Waals surface area contributed by atoms with Crippen LogP contribution in [0.2, 0.25) is 0 Å². The molecule has 2 atom stereocenters. The molecule has 152 valence electrons. The van der Waals surface area contributed by atoms with Gasteiger partial charge in [-0.05, 0) is 33.1 Å². The first-order valence-electron chi connectivity index (χ1n) is 9.58. The quantitative estimate of drug-likeness (QED) is 0.202. The van der Waals surface area contributed by atoms with E-state index in [1.165, 1.54) is 25.7 Å². The number of hydrogen-bond acceptors (Lipinski definition) is 4. The Hall–Kier alpha value is -0.610. The van der Waals surface area contributed by atoms with E-state index >= 15 is 0 Å². The van der Waals surface area contributed by atoms with Crippen LogP contribution >= 0.6 is 24.0 Å². The summed E-state index contributed by atoms with van der Waals surface area (Å²) in [6.45, 7) is 6.78. The van der Waals surface area contributed by atoms with Crippen molar-refractivity contribution in [2.45, 2.75) is 58.1 Å². The third-order valence-electron chi connectivity index (χ3n) is 5.35. The van der Waals surface area contributed by atoms with Crippen LogP contribution in [0.3, 0.4) is 0 Å². The zero-order valence-electron chi connectivity index (χ0n) is 16.3. The normalized spacial score (nSPS) is 23.9. The van der Waals surface area contributed by atoms with Gasteiger partial charge in [0.1, 0.15) is 6.54 Å². The molecule has 1 amide bonds. The van der Waals surface area contributed by atoms with Crippen molar-refractivity contribution < 1.29 is 14.3 Å². The SMILES string of the molecule is CCNC(=NCC(=O)NCCOC)NC1CC(OCC)C12CCCC2.I. The van der Waals surface area contributed by atoms with Crippen LogP contribution in [0.1, 0.15) is 46.0 Å². The van der Waals surface area contributed by atoms with Crippen LogP contribution in [0.15, 0.2) is 4.99 Å². The van der Waals surface area contributed by atoms with E-state index in [-0.39, 0.29) is 41.8 Å². The first-order valence-corrected chi connectivity index (χ1v) is 9.58. The fourth-order valence-electron chi connectivity index (χ4n) is 4.07. The van der Waals surface area contributed by atoms with E-state index in [2.05, 4.69) is 27.9 Å². The zero-order chi connectivity index (χ0) is 18.1. The van der Waals surface area contributed by atoms with Crippen molar-refractivity contribution in [1.29, 1.82) is 0 Å². The van der Waals surface area contributed by atoms with Gasteiger partial charge in [0.15, 0.2) is 5.96 Å². The summed E-state index contributed by atoms with van der Waals surface area (Å²) in [4.78, 5) is 16.3. The molecule has 0 saturated heterocycles. The molecule has 0 aliphatic heterocycles. The molecular weight excluding hydrogens is 447 g/mol. The van der Waals surface area contributed by atoms with Crippen molar-refractivity contribution in [3.8, 4) is 0 Å². The fraction of sp³-hybridized carbons (Fsp3) is 0.889. The molecule has 3 N–H and O–H groups in total. The Morgan fingerprint density at radius 3 is 2.58 bits per heavy atom. The van der Waals surface area contributed by atoms with E-state index in [4.69, 9.17) is 9.47 Å². The van der Waals surface area contributed by atoms with Crippen LogP contribution in [-0.4, -0.2) is 64.0 Å². The Kier molecular flexibility index (Phi) is 10.8. The molecule has 0 aromatic carbocycles. The van der Waals surface area contributed by atoms with Gasteiger partial charge < -0.3 is 25.4 Å². The zero-order valence-corrected chi connectivity index (χ0v) is 18.6. The second-order valence-electron chi connectivity index (χ2n) is 6.85. The number of amides is 1. The highest BCUT2D eigenvalue weighted by molar-refractivity contribution is 14.0. The molecule has 0 radical (unpaired) electrons. The highest BCUT2D eigenvalue weighted by atomic mass is 127. The number of carbonyl (C=O) groups is 1. The number of halogens is 1. The van der Waals surface area contributed by atoms with Gasteiger partial charge in [0.2, 0.25) is 5.91 Å². The molecule has 8 heteroatoms. The van der Waals surface area contributed by atoms with E-state index < -0.39 is 0 Å². The number of rotatable bonds is 9. The average Bonchev–Trinajstić information content (AvgIpc) is 3.12. The number of nitrogens with zero attached hydrogens (tertiary/aromatic N) is 1. The molecule has 0 aromatic heterocycles. The Labute approximate surface area is 174 Å². The minimum Gasteiger partial charge on any atom is -0.383 e. The van der Waals surface area contributed by atoms with Gasteiger partial charge in [-0.15, -0.1) is 24.0 Å². The van der Waals surface area contributed by atoms with Crippen LogP contribution in [0.5, 0.6) is 0 Å². The molecule has 0 aromatic rings. The topological polar surface area (TPSA) is 84.0 Å². The molecule has 0 heterocycles. The third-order valence-corrected chi connectivity index (χ3v) is 5.35. The molecule has 2 fully saturated rings. The van der Waals surface area contributed by atoms with Crippen molar-refractivity contribution >= 4 is 35.8 Å². The summed E-state index contributed by atoms with van der Waals surface area (Å²) in [6, 6.07) is 0.376. The number of hydrogen-bond donors (Lipinski definition) is 3. The lowest BCUT2D eigenvalue weighted by Gasteiger charge is -2.54. The lowest BCUT2D eigenvalue weighted by molar-refractivity contribution is -0.125. The minimum absolute atomic E-state index is 0. The van der Waals surface area contributed by atoms with E-state index in [9.17, 15) is 4.79 Å². The monoisotopic (exact) mass is 482 g/mol. The minimum atomic E-state index is -0.0920. The summed E-state index contributed by atoms with van der Waals surface area (Å²) < 4.78 is 10.9. The highest BCUT2D eigenvalue weighted by Crippen LogP contribution is 2.54. The van der Waals surface area contributed by atoms with Gasteiger partial charge in [0, 0.05) is 38.3 Å². The lowest BCUT2D eigenvalue weighted by Crippen LogP contribution is -2.65. The Morgan fingerprint density at radius 2 is 1.96 bits per heavy atom. The predicted molar refractivity (Wildman–Crippen MR) is 114 cm³/mol. The standard InChI is InChI=1S/C18H34N4O3.HI/c1-4-19-17(21-13-16(23)20-10-11-24-3)22-14-12-15(25-5-2)18(14)8-6-7-9-18;/h14-15H,4-13H2,1-3H3,(H,20,23)(H2,19,21,22);1H. The maximum Gasteiger partial charge on any atom is 0.241 e. The van der Waals surface area contributed by atoms with E-state index in [0.717, 1.165) is 25.5 Å². The van der Waals surface area contributed by atoms with Crippen molar-refractivity contribution in [3.63, 3.8) is 0 Å². The number of ether oxygens (including phenoxy) is 2. The number of guanidine groups is 1. The predicted octanol–water partition coefficient (Wildman–Crippen LogP) is 1.66. The molecule has 1 spiro atoms. The number of nitrogens with one attached hydrogen (secondary N) is 3. The van der Waals surface area contributed by atoms with Crippen molar-refractivity contribution in [2.24, 2.45) is 10.4 Å². The molecule has 0 bridgehead atoms. The van der Waals surface area contributed by atoms with Gasteiger partial charge in [-0.2, -0.15) is 0 Å². The number of carbonyl (C=O) groups excluding carboxylic acids is 1. The molecule has 2 unspecified atom stereocenters. The summed E-state index contributed by atoms with van der Waals surface area (Å²) >= 11 is 0. The number of methoxy groups -OCH3 is 1. The van der Waals surface area contributed by atoms with Gasteiger partial charge >= 0.3 is 0 Å². The van der Waals surface area contributed by atoms with Crippen LogP contribution < -0.4 is 16.0 Å². The Balaban J connectivity index is 0.00000338. The first-order chi connectivity index (χ1) is 12.2. The molecular formula is C18H35IN4O3. The van der Waals surface area contributed by atoms with Gasteiger partial charge in [0.05, 0.1) is 12.7 Å². The van der Waals surface area contributed by atoms with Gasteiger partial charge in [-0.3, -0.25) is 4.79 Å². The molecule has 26 heavy (non-hydrogen) atoms. The lowest BCUT2D eigenvalue weighted by atomic mass is 9.60. The second kappa shape index (κ2) is 12.0. The van der Waals surface area contributed by atoms with Crippen molar-refractivity contribution in [3.05, 3.63) is 0 Å². The molecule has 2 aliphatic carbocycles. The summed E-state index contributed by atoms with van der Waals surface area (Å²) in [6.07, 6.45) is 6.35. The van der Waals surface area contributed by atoms with E-state index in [1.54, 1.807) is 7.11 Å². The summed E-state index contributed by atoms with van der Waals surface area (Å²) in [7, 11) is 1.62. The summed E-state index contributed by atoms with van der Waals surface area (Å²) in [5.74, 6) is 0.626. The van der Waals surface area contributed by atoms with Crippen LogP contribution in [0.4, 0.5) is 0 Å². The molecule has 7 nitrogen and oxygen atoms in total. The highest BCUT2D eigenvalue weighted by Gasteiger charge is 2.56.